The van der Waals surface area contributed by atoms with E-state index in [0.717, 1.165) is 0 Å². The topological polar surface area (TPSA) is 35.5 Å². The van der Waals surface area contributed by atoms with Crippen molar-refractivity contribution in [3.63, 3.8) is 0 Å². The number of benzene rings is 1. The Morgan fingerprint density at radius 3 is 2.81 bits per heavy atom. The van der Waals surface area contributed by atoms with Gasteiger partial charge >= 0.3 is 0 Å². The molecule has 1 saturated heterocycles. The van der Waals surface area contributed by atoms with Crippen LogP contribution in [-0.2, 0) is 9.47 Å². The van der Waals surface area contributed by atoms with Gasteiger partial charge in [-0.25, -0.2) is 4.39 Å². The van der Waals surface area contributed by atoms with Crippen molar-refractivity contribution >= 4 is 5.78 Å². The number of ether oxygens (including phenoxy) is 2. The van der Waals surface area contributed by atoms with Gasteiger partial charge < -0.3 is 9.47 Å². The minimum atomic E-state index is -0.390. The smallest absolute Gasteiger partial charge is 0.163 e. The van der Waals surface area contributed by atoms with Crippen molar-refractivity contribution in [2.75, 3.05) is 13.2 Å². The molecule has 16 heavy (non-hydrogen) atoms. The van der Waals surface area contributed by atoms with E-state index in [1.807, 2.05) is 0 Å². The number of ketones is 1. The molecule has 1 heterocycles. The molecule has 0 radical (unpaired) electrons. The maximum atomic E-state index is 12.9. The Labute approximate surface area is 93.2 Å². The normalized spacial score (nSPS) is 16.6. The molecule has 1 aromatic carbocycles. The van der Waals surface area contributed by atoms with Crippen molar-refractivity contribution in [3.8, 4) is 0 Å². The van der Waals surface area contributed by atoms with Crippen LogP contribution in [0.5, 0.6) is 0 Å². The number of rotatable bonds is 4. The zero-order valence-electron chi connectivity index (χ0n) is 8.82. The summed E-state index contributed by atoms with van der Waals surface area (Å²) in [5.74, 6) is -0.474. The minimum Gasteiger partial charge on any atom is -0.350 e. The van der Waals surface area contributed by atoms with Crippen molar-refractivity contribution < 1.29 is 18.7 Å². The molecule has 0 saturated carbocycles. The van der Waals surface area contributed by atoms with E-state index in [4.69, 9.17) is 9.47 Å². The van der Waals surface area contributed by atoms with E-state index in [-0.39, 0.29) is 17.9 Å². The Morgan fingerprint density at radius 2 is 2.12 bits per heavy atom. The predicted molar refractivity (Wildman–Crippen MR) is 55.7 cm³/mol. The van der Waals surface area contributed by atoms with Crippen LogP contribution in [0.25, 0.3) is 0 Å². The lowest BCUT2D eigenvalue weighted by atomic mass is 10.1. The highest BCUT2D eigenvalue weighted by molar-refractivity contribution is 5.95. The van der Waals surface area contributed by atoms with Crippen LogP contribution < -0.4 is 0 Å². The predicted octanol–water partition coefficient (Wildman–Crippen LogP) is 2.16. The summed E-state index contributed by atoms with van der Waals surface area (Å²) in [4.78, 5) is 11.7. The van der Waals surface area contributed by atoms with Gasteiger partial charge in [0.2, 0.25) is 0 Å². The molecule has 3 nitrogen and oxygen atoms in total. The average Bonchev–Trinajstić information content (AvgIpc) is 2.78. The van der Waals surface area contributed by atoms with Crippen molar-refractivity contribution in [3.05, 3.63) is 35.6 Å². The first kappa shape index (κ1) is 11.2. The van der Waals surface area contributed by atoms with E-state index >= 15 is 0 Å². The number of hydrogen-bond acceptors (Lipinski definition) is 3. The molecule has 0 aliphatic carbocycles. The van der Waals surface area contributed by atoms with Crippen LogP contribution in [0.4, 0.5) is 4.39 Å². The van der Waals surface area contributed by atoms with Gasteiger partial charge in [-0.2, -0.15) is 0 Å². The Balaban J connectivity index is 1.87. The Morgan fingerprint density at radius 1 is 1.38 bits per heavy atom. The van der Waals surface area contributed by atoms with Gasteiger partial charge in [0.25, 0.3) is 0 Å². The zero-order chi connectivity index (χ0) is 11.4. The van der Waals surface area contributed by atoms with Crippen LogP contribution in [0, 0.1) is 5.82 Å². The molecule has 1 aliphatic rings. The average molecular weight is 224 g/mol. The Bertz CT molecular complexity index is 372. The first-order chi connectivity index (χ1) is 7.75. The van der Waals surface area contributed by atoms with E-state index in [0.29, 0.717) is 31.6 Å². The molecule has 0 bridgehead atoms. The molecule has 1 aliphatic heterocycles. The lowest BCUT2D eigenvalue weighted by molar-refractivity contribution is -0.0464. The third-order valence-electron chi connectivity index (χ3n) is 2.44. The quantitative estimate of drug-likeness (QED) is 0.735. The lowest BCUT2D eigenvalue weighted by Crippen LogP contribution is -2.10. The van der Waals surface area contributed by atoms with Crippen LogP contribution in [0.3, 0.4) is 0 Å². The molecule has 0 aromatic heterocycles. The van der Waals surface area contributed by atoms with Gasteiger partial charge in [0.1, 0.15) is 5.82 Å². The maximum Gasteiger partial charge on any atom is 0.163 e. The summed E-state index contributed by atoms with van der Waals surface area (Å²) in [5.41, 5.74) is 0.401. The van der Waals surface area contributed by atoms with Gasteiger partial charge in [0.05, 0.1) is 13.2 Å². The standard InChI is InChI=1S/C12H13FO3/c13-10-3-1-2-9(8-10)11(14)4-5-12-15-6-7-16-12/h1-3,8,12H,4-7H2. The molecule has 0 amide bonds. The second kappa shape index (κ2) is 5.18. The molecule has 1 fully saturated rings. The van der Waals surface area contributed by atoms with Crippen molar-refractivity contribution in [1.29, 1.82) is 0 Å². The van der Waals surface area contributed by atoms with Gasteiger partial charge in [0.15, 0.2) is 12.1 Å². The van der Waals surface area contributed by atoms with Gasteiger partial charge in [-0.05, 0) is 12.1 Å². The number of carbonyl (C=O) groups excluding carboxylic acids is 1. The fraction of sp³-hybridized carbons (Fsp3) is 0.417. The van der Waals surface area contributed by atoms with E-state index < -0.39 is 0 Å². The molecule has 4 heteroatoms. The third kappa shape index (κ3) is 2.87. The number of hydrogen-bond donors (Lipinski definition) is 0. The van der Waals surface area contributed by atoms with Crippen LogP contribution in [0.2, 0.25) is 0 Å². The SMILES string of the molecule is O=C(CCC1OCCO1)c1cccc(F)c1. The highest BCUT2D eigenvalue weighted by atomic mass is 19.1. The fourth-order valence-corrected chi connectivity index (χ4v) is 1.63. The summed E-state index contributed by atoms with van der Waals surface area (Å²) >= 11 is 0. The first-order valence-corrected chi connectivity index (χ1v) is 5.28. The molecule has 2 rings (SSSR count). The monoisotopic (exact) mass is 224 g/mol. The highest BCUT2D eigenvalue weighted by Crippen LogP contribution is 2.13. The van der Waals surface area contributed by atoms with Crippen LogP contribution in [0.1, 0.15) is 23.2 Å². The third-order valence-corrected chi connectivity index (χ3v) is 2.44. The summed E-state index contributed by atoms with van der Waals surface area (Å²) in [7, 11) is 0. The van der Waals surface area contributed by atoms with Crippen molar-refractivity contribution in [1.82, 2.24) is 0 Å². The van der Waals surface area contributed by atoms with E-state index in [1.165, 1.54) is 18.2 Å². The molecule has 86 valence electrons. The number of Topliss-reactive ketones (excluding diaryl/α,β-unsaturated/α-hetero) is 1. The van der Waals surface area contributed by atoms with Gasteiger partial charge in [-0.15, -0.1) is 0 Å². The van der Waals surface area contributed by atoms with Crippen LogP contribution in [-0.4, -0.2) is 25.3 Å². The van der Waals surface area contributed by atoms with Crippen LogP contribution in [0.15, 0.2) is 24.3 Å². The van der Waals surface area contributed by atoms with Crippen molar-refractivity contribution in [2.24, 2.45) is 0 Å². The largest absolute Gasteiger partial charge is 0.350 e. The summed E-state index contributed by atoms with van der Waals surface area (Å²) < 4.78 is 23.3. The first-order valence-electron chi connectivity index (χ1n) is 5.28. The van der Waals surface area contributed by atoms with Gasteiger partial charge in [-0.3, -0.25) is 4.79 Å². The molecule has 0 spiro atoms. The molecule has 1 aromatic rings. The molecular formula is C12H13FO3. The summed E-state index contributed by atoms with van der Waals surface area (Å²) in [6.45, 7) is 1.16. The molecule has 0 N–H and O–H groups in total. The lowest BCUT2D eigenvalue weighted by Gasteiger charge is -2.07. The summed E-state index contributed by atoms with van der Waals surface area (Å²) in [6, 6.07) is 5.71. The second-order valence-electron chi connectivity index (χ2n) is 3.64. The summed E-state index contributed by atoms with van der Waals surface area (Å²) in [5, 5.41) is 0. The second-order valence-corrected chi connectivity index (χ2v) is 3.64. The van der Waals surface area contributed by atoms with Crippen molar-refractivity contribution in [2.45, 2.75) is 19.1 Å². The summed E-state index contributed by atoms with van der Waals surface area (Å²) in [6.07, 6.45) is 0.557. The Kier molecular flexibility index (Phi) is 3.64. The van der Waals surface area contributed by atoms with E-state index in [2.05, 4.69) is 0 Å². The Hall–Kier alpha value is -1.26. The fourth-order valence-electron chi connectivity index (χ4n) is 1.63. The highest BCUT2D eigenvalue weighted by Gasteiger charge is 2.17. The molecular weight excluding hydrogens is 211 g/mol. The van der Waals surface area contributed by atoms with Gasteiger partial charge in [0, 0.05) is 18.4 Å². The minimum absolute atomic E-state index is 0.0846. The zero-order valence-corrected chi connectivity index (χ0v) is 8.82. The van der Waals surface area contributed by atoms with E-state index in [1.54, 1.807) is 6.07 Å². The number of carbonyl (C=O) groups is 1. The van der Waals surface area contributed by atoms with Crippen LogP contribution >= 0.6 is 0 Å². The molecule has 0 atom stereocenters. The molecule has 0 unspecified atom stereocenters. The van der Waals surface area contributed by atoms with Gasteiger partial charge in [-0.1, -0.05) is 12.1 Å². The maximum absolute atomic E-state index is 12.9. The van der Waals surface area contributed by atoms with E-state index in [9.17, 15) is 9.18 Å². The number of halogens is 1.